The number of hydrogen-bond donors (Lipinski definition) is 2. The van der Waals surface area contributed by atoms with Gasteiger partial charge in [-0.2, -0.15) is 0 Å². The fraction of sp³-hybridized carbons (Fsp3) is 0.273. The van der Waals surface area contributed by atoms with Gasteiger partial charge in [0.15, 0.2) is 0 Å². The Labute approximate surface area is 144 Å². The van der Waals surface area contributed by atoms with Crippen molar-refractivity contribution in [1.82, 2.24) is 0 Å². The molecule has 2 radical (unpaired) electrons. The lowest BCUT2D eigenvalue weighted by atomic mass is 9.68. The molecule has 2 nitrogen and oxygen atoms in total. The highest BCUT2D eigenvalue weighted by molar-refractivity contribution is 5.58. The second-order valence-corrected chi connectivity index (χ2v) is 7.50. The maximum atomic E-state index is 6.07. The van der Waals surface area contributed by atoms with Gasteiger partial charge < -0.3 is 11.5 Å². The molecule has 4 N–H and O–H groups in total. The van der Waals surface area contributed by atoms with Gasteiger partial charge in [-0.1, -0.05) is 50.3 Å². The number of fused-ring (bicyclic) bond motifs is 1. The van der Waals surface area contributed by atoms with E-state index in [1.165, 1.54) is 23.0 Å². The molecule has 2 aromatic rings. The molecule has 2 unspecified atom stereocenters. The monoisotopic (exact) mass is 316 g/mol. The minimum Gasteiger partial charge on any atom is -0.399 e. The van der Waals surface area contributed by atoms with Gasteiger partial charge in [0.2, 0.25) is 0 Å². The van der Waals surface area contributed by atoms with E-state index in [0.717, 1.165) is 17.8 Å². The molecule has 2 aromatic carbocycles. The third-order valence-electron chi connectivity index (χ3n) is 5.61. The lowest BCUT2D eigenvalue weighted by molar-refractivity contribution is 0.451. The minimum absolute atomic E-state index is 0.0122. The van der Waals surface area contributed by atoms with Crippen LogP contribution in [0.5, 0.6) is 0 Å². The first-order chi connectivity index (χ1) is 11.5. The normalized spacial score (nSPS) is 25.9. The third-order valence-corrected chi connectivity index (χ3v) is 5.61. The molecule has 2 aliphatic carbocycles. The number of allylic oxidation sites excluding steroid dienone is 2. The predicted octanol–water partition coefficient (Wildman–Crippen LogP) is 4.63. The summed E-state index contributed by atoms with van der Waals surface area (Å²) in [7, 11) is 0. The number of anilines is 2. The Balaban J connectivity index is 1.83. The molecule has 1 saturated carbocycles. The van der Waals surface area contributed by atoms with Crippen molar-refractivity contribution in [2.45, 2.75) is 20.3 Å². The average Bonchev–Trinajstić information content (AvgIpc) is 3.03. The maximum absolute atomic E-state index is 6.07. The van der Waals surface area contributed by atoms with Gasteiger partial charge in [0.1, 0.15) is 0 Å². The standard InChI is InChI=1S/C22H24N2/c1-22(2)20(14-6-3-8-16(23)12-14)18-10-5-11-19(18)21(22)15-7-4-9-17(24)13-15/h3-10,12-13,18-19H,11,23-24H2,1-2H3. The fourth-order valence-corrected chi connectivity index (χ4v) is 4.81. The molecule has 0 aliphatic heterocycles. The van der Waals surface area contributed by atoms with Crippen molar-refractivity contribution in [2.75, 3.05) is 11.5 Å². The van der Waals surface area contributed by atoms with Crippen LogP contribution in [0.25, 0.3) is 0 Å². The molecule has 0 bridgehead atoms. The van der Waals surface area contributed by atoms with Crippen LogP contribution in [0.2, 0.25) is 0 Å². The molecule has 0 amide bonds. The van der Waals surface area contributed by atoms with Gasteiger partial charge in [-0.25, -0.2) is 0 Å². The predicted molar refractivity (Wildman–Crippen MR) is 101 cm³/mol. The summed E-state index contributed by atoms with van der Waals surface area (Å²) in [5.41, 5.74) is 16.3. The Morgan fingerprint density at radius 1 is 0.875 bits per heavy atom. The molecule has 0 saturated heterocycles. The molecular formula is C22H24N2. The van der Waals surface area contributed by atoms with Crippen LogP contribution in [-0.4, -0.2) is 0 Å². The lowest BCUT2D eigenvalue weighted by Crippen LogP contribution is -2.26. The van der Waals surface area contributed by atoms with E-state index in [-0.39, 0.29) is 5.41 Å². The van der Waals surface area contributed by atoms with Crippen molar-refractivity contribution in [1.29, 1.82) is 0 Å². The molecule has 1 fully saturated rings. The summed E-state index contributed by atoms with van der Waals surface area (Å²) >= 11 is 0. The van der Waals surface area contributed by atoms with Gasteiger partial charge in [0, 0.05) is 23.2 Å². The van der Waals surface area contributed by atoms with E-state index in [1.54, 1.807) is 0 Å². The van der Waals surface area contributed by atoms with E-state index < -0.39 is 0 Å². The van der Waals surface area contributed by atoms with Gasteiger partial charge in [-0.3, -0.25) is 0 Å². The molecule has 2 heteroatoms. The Morgan fingerprint density at radius 3 is 2.04 bits per heavy atom. The smallest absolute Gasteiger partial charge is 0.0316 e. The summed E-state index contributed by atoms with van der Waals surface area (Å²) in [5, 5.41) is 0. The van der Waals surface area contributed by atoms with E-state index in [0.29, 0.717) is 11.8 Å². The van der Waals surface area contributed by atoms with Crippen LogP contribution in [-0.2, 0) is 0 Å². The summed E-state index contributed by atoms with van der Waals surface area (Å²) in [4.78, 5) is 0. The first-order valence-corrected chi connectivity index (χ1v) is 8.61. The van der Waals surface area contributed by atoms with Crippen LogP contribution in [0.4, 0.5) is 11.4 Å². The molecule has 2 atom stereocenters. The molecular weight excluding hydrogens is 292 g/mol. The number of nitrogens with two attached hydrogens (primary N) is 2. The maximum Gasteiger partial charge on any atom is 0.0316 e. The number of hydrogen-bond acceptors (Lipinski definition) is 2. The van der Waals surface area contributed by atoms with Crippen LogP contribution >= 0.6 is 0 Å². The second kappa shape index (κ2) is 5.41. The van der Waals surface area contributed by atoms with Gasteiger partial charge in [-0.05, 0) is 59.1 Å². The van der Waals surface area contributed by atoms with Gasteiger partial charge in [0.25, 0.3) is 0 Å². The lowest BCUT2D eigenvalue weighted by Gasteiger charge is -2.35. The zero-order valence-corrected chi connectivity index (χ0v) is 14.3. The van der Waals surface area contributed by atoms with Gasteiger partial charge in [0.05, 0.1) is 0 Å². The van der Waals surface area contributed by atoms with Gasteiger partial charge >= 0.3 is 0 Å². The quantitative estimate of drug-likeness (QED) is 0.627. The highest BCUT2D eigenvalue weighted by atomic mass is 14.6. The van der Waals surface area contributed by atoms with Crippen molar-refractivity contribution in [3.8, 4) is 0 Å². The SMILES string of the molecule is CC1(C)[C](c2cccc(N)c2)C2C=CCC2[C]1c1cccc(N)c1. The minimum atomic E-state index is -0.0122. The molecule has 2 aliphatic rings. The Bertz CT molecular complexity index is 790. The first kappa shape index (κ1) is 15.3. The summed E-state index contributed by atoms with van der Waals surface area (Å²) in [6.07, 6.45) is 5.80. The molecule has 0 heterocycles. The summed E-state index contributed by atoms with van der Waals surface area (Å²) in [6, 6.07) is 16.7. The van der Waals surface area contributed by atoms with E-state index in [2.05, 4.69) is 62.4 Å². The molecule has 122 valence electrons. The Kier molecular flexibility index (Phi) is 3.45. The van der Waals surface area contributed by atoms with Crippen molar-refractivity contribution in [3.63, 3.8) is 0 Å². The third kappa shape index (κ3) is 2.24. The van der Waals surface area contributed by atoms with E-state index in [4.69, 9.17) is 11.5 Å². The molecule has 24 heavy (non-hydrogen) atoms. The average molecular weight is 316 g/mol. The van der Waals surface area contributed by atoms with Crippen LogP contribution in [0.1, 0.15) is 31.4 Å². The van der Waals surface area contributed by atoms with Crippen LogP contribution < -0.4 is 11.5 Å². The van der Waals surface area contributed by atoms with E-state index in [9.17, 15) is 0 Å². The van der Waals surface area contributed by atoms with Gasteiger partial charge in [-0.15, -0.1) is 0 Å². The van der Waals surface area contributed by atoms with Crippen LogP contribution in [0.3, 0.4) is 0 Å². The largest absolute Gasteiger partial charge is 0.399 e. The summed E-state index contributed by atoms with van der Waals surface area (Å²) in [5.74, 6) is 3.96. The van der Waals surface area contributed by atoms with Crippen LogP contribution in [0.15, 0.2) is 60.7 Å². The van der Waals surface area contributed by atoms with Crippen LogP contribution in [0, 0.1) is 29.1 Å². The molecule has 4 rings (SSSR count). The van der Waals surface area contributed by atoms with E-state index in [1.807, 2.05) is 12.1 Å². The summed E-state index contributed by atoms with van der Waals surface area (Å²) < 4.78 is 0. The van der Waals surface area contributed by atoms with Crippen molar-refractivity contribution < 1.29 is 0 Å². The fourth-order valence-electron chi connectivity index (χ4n) is 4.81. The Hall–Kier alpha value is -2.22. The number of nitrogen functional groups attached to an aromatic ring is 2. The molecule has 0 aromatic heterocycles. The highest BCUT2D eigenvalue weighted by Gasteiger charge is 2.56. The zero-order valence-electron chi connectivity index (χ0n) is 14.3. The van der Waals surface area contributed by atoms with E-state index >= 15 is 0 Å². The van der Waals surface area contributed by atoms with Crippen molar-refractivity contribution in [2.24, 2.45) is 17.3 Å². The number of benzene rings is 2. The highest BCUT2D eigenvalue weighted by Crippen LogP contribution is 2.64. The summed E-state index contributed by atoms with van der Waals surface area (Å²) in [6.45, 7) is 4.69. The zero-order chi connectivity index (χ0) is 16.9. The number of rotatable bonds is 2. The van der Waals surface area contributed by atoms with Crippen molar-refractivity contribution >= 4 is 11.4 Å². The molecule has 0 spiro atoms. The Morgan fingerprint density at radius 2 is 1.46 bits per heavy atom. The topological polar surface area (TPSA) is 52.0 Å². The first-order valence-electron chi connectivity index (χ1n) is 8.61. The van der Waals surface area contributed by atoms with Crippen molar-refractivity contribution in [3.05, 3.63) is 83.6 Å². The second-order valence-electron chi connectivity index (χ2n) is 7.50.